The molecule has 1 unspecified atom stereocenters. The Morgan fingerprint density at radius 1 is 1.47 bits per heavy atom. The lowest BCUT2D eigenvalue weighted by Crippen LogP contribution is -2.14. The fraction of sp³-hybridized carbons (Fsp3) is 0.273. The second kappa shape index (κ2) is 4.51. The van der Waals surface area contributed by atoms with Gasteiger partial charge in [0.15, 0.2) is 0 Å². The van der Waals surface area contributed by atoms with Crippen LogP contribution in [0.25, 0.3) is 0 Å². The maximum Gasteiger partial charge on any atom is 0.0943 e. The molecule has 0 aliphatic carbocycles. The first-order valence-electron chi connectivity index (χ1n) is 4.82. The highest BCUT2D eigenvalue weighted by molar-refractivity contribution is 7.09. The van der Waals surface area contributed by atoms with Crippen LogP contribution in [0.3, 0.4) is 0 Å². The van der Waals surface area contributed by atoms with Crippen LogP contribution in [-0.4, -0.2) is 9.97 Å². The molecule has 0 fully saturated rings. The van der Waals surface area contributed by atoms with E-state index in [-0.39, 0.29) is 6.04 Å². The number of aryl methyl sites for hydroxylation is 1. The van der Waals surface area contributed by atoms with Crippen LogP contribution < -0.4 is 5.73 Å². The third-order valence-corrected chi connectivity index (χ3v) is 3.14. The molecule has 2 aromatic heterocycles. The number of rotatable bonds is 3. The molecule has 1 atom stereocenters. The van der Waals surface area contributed by atoms with Gasteiger partial charge in [0.2, 0.25) is 0 Å². The zero-order valence-corrected chi connectivity index (χ0v) is 9.37. The first-order chi connectivity index (χ1) is 7.27. The zero-order chi connectivity index (χ0) is 10.7. The normalized spacial score (nSPS) is 12.7. The van der Waals surface area contributed by atoms with Crippen molar-refractivity contribution in [3.63, 3.8) is 0 Å². The second-order valence-electron chi connectivity index (χ2n) is 3.47. The minimum Gasteiger partial charge on any atom is -0.324 e. The van der Waals surface area contributed by atoms with Crippen molar-refractivity contribution >= 4 is 11.3 Å². The van der Waals surface area contributed by atoms with E-state index in [0.29, 0.717) is 0 Å². The second-order valence-corrected chi connectivity index (χ2v) is 4.45. The van der Waals surface area contributed by atoms with Gasteiger partial charge in [-0.1, -0.05) is 0 Å². The zero-order valence-electron chi connectivity index (χ0n) is 8.55. The fourth-order valence-electron chi connectivity index (χ4n) is 1.55. The van der Waals surface area contributed by atoms with Gasteiger partial charge in [-0.3, -0.25) is 4.98 Å². The van der Waals surface area contributed by atoms with E-state index >= 15 is 0 Å². The predicted octanol–water partition coefficient (Wildman–Crippen LogP) is 2.09. The number of hydrogen-bond acceptors (Lipinski definition) is 4. The molecule has 0 amide bonds. The SMILES string of the molecule is Cc1cnccc1C(N)Cc1nccs1. The molecule has 0 aliphatic rings. The van der Waals surface area contributed by atoms with Gasteiger partial charge in [0.05, 0.1) is 5.01 Å². The summed E-state index contributed by atoms with van der Waals surface area (Å²) in [6.45, 7) is 2.03. The predicted molar refractivity (Wildman–Crippen MR) is 61.7 cm³/mol. The topological polar surface area (TPSA) is 51.8 Å². The lowest BCUT2D eigenvalue weighted by atomic mass is 10.0. The molecule has 0 aromatic carbocycles. The quantitative estimate of drug-likeness (QED) is 0.860. The third-order valence-electron chi connectivity index (χ3n) is 2.34. The van der Waals surface area contributed by atoms with Gasteiger partial charge in [-0.25, -0.2) is 4.98 Å². The van der Waals surface area contributed by atoms with Crippen LogP contribution in [0.4, 0.5) is 0 Å². The highest BCUT2D eigenvalue weighted by Crippen LogP contribution is 2.19. The Morgan fingerprint density at radius 2 is 2.33 bits per heavy atom. The minimum atomic E-state index is 0.0131. The maximum absolute atomic E-state index is 6.13. The van der Waals surface area contributed by atoms with Crippen molar-refractivity contribution in [2.75, 3.05) is 0 Å². The van der Waals surface area contributed by atoms with Crippen molar-refractivity contribution in [3.8, 4) is 0 Å². The number of nitrogens with zero attached hydrogens (tertiary/aromatic N) is 2. The summed E-state index contributed by atoms with van der Waals surface area (Å²) in [4.78, 5) is 8.29. The summed E-state index contributed by atoms with van der Waals surface area (Å²) in [6.07, 6.45) is 6.23. The molecule has 3 nitrogen and oxygen atoms in total. The molecular formula is C11H13N3S. The molecule has 0 saturated carbocycles. The molecule has 0 saturated heterocycles. The van der Waals surface area contributed by atoms with E-state index in [1.54, 1.807) is 17.5 Å². The Bertz CT molecular complexity index is 425. The van der Waals surface area contributed by atoms with Gasteiger partial charge in [-0.05, 0) is 24.1 Å². The van der Waals surface area contributed by atoms with E-state index in [1.165, 1.54) is 0 Å². The highest BCUT2D eigenvalue weighted by Gasteiger charge is 2.10. The lowest BCUT2D eigenvalue weighted by molar-refractivity contribution is 0.711. The van der Waals surface area contributed by atoms with Gasteiger partial charge in [0, 0.05) is 36.4 Å². The first kappa shape index (κ1) is 10.3. The highest BCUT2D eigenvalue weighted by atomic mass is 32.1. The molecule has 2 N–H and O–H groups in total. The van der Waals surface area contributed by atoms with E-state index in [1.807, 2.05) is 30.8 Å². The number of nitrogens with two attached hydrogens (primary N) is 1. The molecule has 0 aliphatic heterocycles. The van der Waals surface area contributed by atoms with Gasteiger partial charge < -0.3 is 5.73 Å². The summed E-state index contributed by atoms with van der Waals surface area (Å²) in [6, 6.07) is 1.99. The van der Waals surface area contributed by atoms with Crippen LogP contribution in [0.1, 0.15) is 22.2 Å². The maximum atomic E-state index is 6.13. The largest absolute Gasteiger partial charge is 0.324 e. The van der Waals surface area contributed by atoms with Crippen LogP contribution in [0.15, 0.2) is 30.0 Å². The number of thiazole rings is 1. The van der Waals surface area contributed by atoms with Crippen molar-refractivity contribution < 1.29 is 0 Å². The molecule has 15 heavy (non-hydrogen) atoms. The number of pyridine rings is 1. The van der Waals surface area contributed by atoms with E-state index in [4.69, 9.17) is 5.73 Å². The smallest absolute Gasteiger partial charge is 0.0943 e. The molecule has 4 heteroatoms. The summed E-state index contributed by atoms with van der Waals surface area (Å²) >= 11 is 1.65. The van der Waals surface area contributed by atoms with E-state index in [9.17, 15) is 0 Å². The van der Waals surface area contributed by atoms with Gasteiger partial charge in [0.1, 0.15) is 0 Å². The summed E-state index contributed by atoms with van der Waals surface area (Å²) in [5, 5.41) is 3.06. The molecule has 78 valence electrons. The van der Waals surface area contributed by atoms with Crippen molar-refractivity contribution in [2.45, 2.75) is 19.4 Å². The average Bonchev–Trinajstić information content (AvgIpc) is 2.71. The Labute approximate surface area is 93.0 Å². The van der Waals surface area contributed by atoms with Gasteiger partial charge >= 0.3 is 0 Å². The van der Waals surface area contributed by atoms with Crippen molar-refractivity contribution in [2.24, 2.45) is 5.73 Å². The van der Waals surface area contributed by atoms with Gasteiger partial charge in [-0.2, -0.15) is 0 Å². The van der Waals surface area contributed by atoms with E-state index < -0.39 is 0 Å². The molecule has 0 radical (unpaired) electrons. The molecular weight excluding hydrogens is 206 g/mol. The van der Waals surface area contributed by atoms with Crippen LogP contribution in [0.5, 0.6) is 0 Å². The monoisotopic (exact) mass is 219 g/mol. The number of hydrogen-bond donors (Lipinski definition) is 1. The summed E-state index contributed by atoms with van der Waals surface area (Å²) < 4.78 is 0. The fourth-order valence-corrected chi connectivity index (χ4v) is 2.23. The van der Waals surface area contributed by atoms with Crippen molar-refractivity contribution in [3.05, 3.63) is 46.2 Å². The summed E-state index contributed by atoms with van der Waals surface area (Å²) in [7, 11) is 0. The third kappa shape index (κ3) is 2.40. The van der Waals surface area contributed by atoms with Crippen LogP contribution in [0, 0.1) is 6.92 Å². The van der Waals surface area contributed by atoms with Gasteiger partial charge in [0.25, 0.3) is 0 Å². The standard InChI is InChI=1S/C11H13N3S/c1-8-7-13-3-2-9(8)10(12)6-11-14-4-5-15-11/h2-5,7,10H,6,12H2,1H3. The van der Waals surface area contributed by atoms with Crippen LogP contribution in [0.2, 0.25) is 0 Å². The van der Waals surface area contributed by atoms with Crippen molar-refractivity contribution in [1.82, 2.24) is 9.97 Å². The molecule has 2 aromatic rings. The Hall–Kier alpha value is -1.26. The van der Waals surface area contributed by atoms with E-state index in [0.717, 1.165) is 22.6 Å². The molecule has 0 spiro atoms. The lowest BCUT2D eigenvalue weighted by Gasteiger charge is -2.12. The van der Waals surface area contributed by atoms with Crippen LogP contribution >= 0.6 is 11.3 Å². The molecule has 2 rings (SSSR count). The Morgan fingerprint density at radius 3 is 3.00 bits per heavy atom. The minimum absolute atomic E-state index is 0.0131. The van der Waals surface area contributed by atoms with Crippen molar-refractivity contribution in [1.29, 1.82) is 0 Å². The molecule has 2 heterocycles. The van der Waals surface area contributed by atoms with Gasteiger partial charge in [-0.15, -0.1) is 11.3 Å². The Balaban J connectivity index is 2.15. The summed E-state index contributed by atoms with van der Waals surface area (Å²) in [5.41, 5.74) is 8.42. The van der Waals surface area contributed by atoms with Crippen LogP contribution in [-0.2, 0) is 6.42 Å². The average molecular weight is 219 g/mol. The van der Waals surface area contributed by atoms with E-state index in [2.05, 4.69) is 9.97 Å². The Kier molecular flexibility index (Phi) is 3.08. The molecule has 0 bridgehead atoms. The number of aromatic nitrogens is 2. The first-order valence-corrected chi connectivity index (χ1v) is 5.70. The summed E-state index contributed by atoms with van der Waals surface area (Å²) in [5.74, 6) is 0.